The van der Waals surface area contributed by atoms with Crippen LogP contribution in [0.3, 0.4) is 0 Å². The van der Waals surface area contributed by atoms with Gasteiger partial charge in [-0.15, -0.1) is 10.2 Å². The Labute approximate surface area is 144 Å². The Bertz CT molecular complexity index is 869. The first-order valence-corrected chi connectivity index (χ1v) is 8.41. The number of hydrogen-bond donors (Lipinski definition) is 1. The highest BCUT2D eigenvalue weighted by Crippen LogP contribution is 2.21. The number of amides is 1. The van der Waals surface area contributed by atoms with Gasteiger partial charge in [-0.25, -0.2) is 0 Å². The van der Waals surface area contributed by atoms with E-state index in [1.54, 1.807) is 30.3 Å². The average molecular weight is 342 g/mol. The summed E-state index contributed by atoms with van der Waals surface area (Å²) in [6.45, 7) is 4.14. The molecule has 0 radical (unpaired) electrons. The molecule has 0 aliphatic rings. The first kappa shape index (κ1) is 16.3. The van der Waals surface area contributed by atoms with Crippen LogP contribution in [0.25, 0.3) is 5.69 Å². The topological polar surface area (TPSA) is 77.6 Å². The Kier molecular flexibility index (Phi) is 4.66. The standard InChI is InChI=1S/C16H18N6OS/c1-11-4-5-13(8-12(11)2)22-10-17-19-16(22)24-9-15(23)18-14-6-7-21(3)20-14/h4-8,10H,9H2,1-3H3,(H,18,20,23). The molecule has 7 nitrogen and oxygen atoms in total. The summed E-state index contributed by atoms with van der Waals surface area (Å²) in [5.41, 5.74) is 3.41. The Hall–Kier alpha value is -2.61. The number of nitrogens with zero attached hydrogens (tertiary/aromatic N) is 5. The maximum Gasteiger partial charge on any atom is 0.236 e. The van der Waals surface area contributed by atoms with Crippen LogP contribution >= 0.6 is 11.8 Å². The fourth-order valence-electron chi connectivity index (χ4n) is 2.17. The first-order chi connectivity index (χ1) is 11.5. The van der Waals surface area contributed by atoms with Crippen LogP contribution in [-0.2, 0) is 11.8 Å². The molecule has 0 bridgehead atoms. The van der Waals surface area contributed by atoms with Crippen LogP contribution in [0, 0.1) is 13.8 Å². The van der Waals surface area contributed by atoms with Gasteiger partial charge in [-0.2, -0.15) is 5.10 Å². The lowest BCUT2D eigenvalue weighted by Gasteiger charge is -2.08. The number of carbonyl (C=O) groups is 1. The molecular formula is C16H18N6OS. The molecule has 124 valence electrons. The Morgan fingerprint density at radius 2 is 2.08 bits per heavy atom. The van der Waals surface area contributed by atoms with Crippen LogP contribution in [0.2, 0.25) is 0 Å². The number of thioether (sulfide) groups is 1. The van der Waals surface area contributed by atoms with Crippen LogP contribution in [0.15, 0.2) is 41.9 Å². The molecule has 1 aromatic carbocycles. The van der Waals surface area contributed by atoms with Gasteiger partial charge in [-0.05, 0) is 37.1 Å². The lowest BCUT2D eigenvalue weighted by Crippen LogP contribution is -2.15. The fraction of sp³-hybridized carbons (Fsp3) is 0.250. The molecule has 0 unspecified atom stereocenters. The quantitative estimate of drug-likeness (QED) is 0.720. The second-order valence-electron chi connectivity index (χ2n) is 5.46. The average Bonchev–Trinajstić information content (AvgIpc) is 3.17. The summed E-state index contributed by atoms with van der Waals surface area (Å²) in [4.78, 5) is 12.0. The van der Waals surface area contributed by atoms with Crippen LogP contribution in [0.4, 0.5) is 5.82 Å². The van der Waals surface area contributed by atoms with E-state index < -0.39 is 0 Å². The summed E-state index contributed by atoms with van der Waals surface area (Å²) in [6.07, 6.45) is 3.43. The van der Waals surface area contributed by atoms with Gasteiger partial charge >= 0.3 is 0 Å². The van der Waals surface area contributed by atoms with E-state index in [1.165, 1.54) is 22.9 Å². The van der Waals surface area contributed by atoms with Gasteiger partial charge < -0.3 is 5.32 Å². The molecule has 24 heavy (non-hydrogen) atoms. The number of benzene rings is 1. The molecular weight excluding hydrogens is 324 g/mol. The van der Waals surface area contributed by atoms with Gasteiger partial charge in [0, 0.05) is 25.0 Å². The predicted octanol–water partition coefficient (Wildman–Crippen LogP) is 2.35. The van der Waals surface area contributed by atoms with Gasteiger partial charge in [-0.1, -0.05) is 17.8 Å². The highest BCUT2D eigenvalue weighted by Gasteiger charge is 2.11. The summed E-state index contributed by atoms with van der Waals surface area (Å²) in [7, 11) is 1.80. The second-order valence-corrected chi connectivity index (χ2v) is 6.41. The first-order valence-electron chi connectivity index (χ1n) is 7.43. The maximum absolute atomic E-state index is 12.0. The number of rotatable bonds is 5. The van der Waals surface area contributed by atoms with Crippen LogP contribution < -0.4 is 5.32 Å². The van der Waals surface area contributed by atoms with E-state index in [2.05, 4.69) is 46.6 Å². The maximum atomic E-state index is 12.0. The summed E-state index contributed by atoms with van der Waals surface area (Å²) in [5, 5.41) is 15.6. The molecule has 3 aromatic rings. The third kappa shape index (κ3) is 3.65. The number of anilines is 1. The molecule has 0 fully saturated rings. The van der Waals surface area contributed by atoms with Gasteiger partial charge in [0.1, 0.15) is 6.33 Å². The molecule has 0 spiro atoms. The zero-order valence-electron chi connectivity index (χ0n) is 13.7. The Balaban J connectivity index is 1.67. The van der Waals surface area contributed by atoms with Gasteiger partial charge in [0.05, 0.1) is 5.75 Å². The number of carbonyl (C=O) groups excluding carboxylic acids is 1. The van der Waals surface area contributed by atoms with Crippen LogP contribution in [-0.4, -0.2) is 36.2 Å². The molecule has 0 saturated carbocycles. The summed E-state index contributed by atoms with van der Waals surface area (Å²) in [5.74, 6) is 0.646. The molecule has 2 aromatic heterocycles. The van der Waals surface area contributed by atoms with Crippen molar-refractivity contribution in [2.45, 2.75) is 19.0 Å². The smallest absolute Gasteiger partial charge is 0.236 e. The zero-order chi connectivity index (χ0) is 17.1. The largest absolute Gasteiger partial charge is 0.308 e. The van der Waals surface area contributed by atoms with Crippen molar-refractivity contribution in [2.75, 3.05) is 11.1 Å². The Morgan fingerprint density at radius 3 is 2.79 bits per heavy atom. The molecule has 3 rings (SSSR count). The van der Waals surface area contributed by atoms with Crippen molar-refractivity contribution in [1.29, 1.82) is 0 Å². The van der Waals surface area contributed by atoms with E-state index in [0.29, 0.717) is 11.0 Å². The van der Waals surface area contributed by atoms with Gasteiger partial charge in [-0.3, -0.25) is 14.0 Å². The van der Waals surface area contributed by atoms with Crippen LogP contribution in [0.5, 0.6) is 0 Å². The normalized spacial score (nSPS) is 10.8. The highest BCUT2D eigenvalue weighted by atomic mass is 32.2. The number of aromatic nitrogens is 5. The van der Waals surface area contributed by atoms with E-state index >= 15 is 0 Å². The van der Waals surface area contributed by atoms with Crippen LogP contribution in [0.1, 0.15) is 11.1 Å². The van der Waals surface area contributed by atoms with Gasteiger partial charge in [0.25, 0.3) is 0 Å². The van der Waals surface area contributed by atoms with Crippen molar-refractivity contribution in [3.63, 3.8) is 0 Å². The van der Waals surface area contributed by atoms with Crippen molar-refractivity contribution in [3.8, 4) is 5.69 Å². The number of hydrogen-bond acceptors (Lipinski definition) is 5. The fourth-order valence-corrected chi connectivity index (χ4v) is 2.90. The minimum absolute atomic E-state index is 0.131. The molecule has 1 N–H and O–H groups in total. The van der Waals surface area contributed by atoms with Gasteiger partial charge in [0.2, 0.25) is 5.91 Å². The second kappa shape index (κ2) is 6.88. The lowest BCUT2D eigenvalue weighted by molar-refractivity contribution is -0.113. The van der Waals surface area contributed by atoms with Crippen molar-refractivity contribution < 1.29 is 4.79 Å². The highest BCUT2D eigenvalue weighted by molar-refractivity contribution is 7.99. The minimum Gasteiger partial charge on any atom is -0.308 e. The molecule has 0 saturated heterocycles. The van der Waals surface area contributed by atoms with E-state index in [4.69, 9.17) is 0 Å². The lowest BCUT2D eigenvalue weighted by atomic mass is 10.1. The molecule has 1 amide bonds. The SMILES string of the molecule is Cc1ccc(-n2cnnc2SCC(=O)Nc2ccn(C)n2)cc1C. The van der Waals surface area contributed by atoms with Crippen molar-refractivity contribution in [3.05, 3.63) is 47.9 Å². The summed E-state index contributed by atoms with van der Waals surface area (Å²) in [6, 6.07) is 7.91. The van der Waals surface area contributed by atoms with Crippen molar-refractivity contribution >= 4 is 23.5 Å². The summed E-state index contributed by atoms with van der Waals surface area (Å²) < 4.78 is 3.52. The van der Waals surface area contributed by atoms with E-state index in [1.807, 2.05) is 10.6 Å². The van der Waals surface area contributed by atoms with Gasteiger partial charge in [0.15, 0.2) is 11.0 Å². The number of aryl methyl sites for hydroxylation is 3. The minimum atomic E-state index is -0.131. The van der Waals surface area contributed by atoms with E-state index in [9.17, 15) is 4.79 Å². The van der Waals surface area contributed by atoms with E-state index in [-0.39, 0.29) is 11.7 Å². The van der Waals surface area contributed by atoms with Crippen molar-refractivity contribution in [2.24, 2.45) is 7.05 Å². The molecule has 0 atom stereocenters. The molecule has 0 aliphatic carbocycles. The van der Waals surface area contributed by atoms with E-state index in [0.717, 1.165) is 5.69 Å². The third-order valence-corrected chi connectivity index (χ3v) is 4.54. The number of nitrogens with one attached hydrogen (secondary N) is 1. The zero-order valence-corrected chi connectivity index (χ0v) is 14.5. The summed E-state index contributed by atoms with van der Waals surface area (Å²) >= 11 is 1.34. The third-order valence-electron chi connectivity index (χ3n) is 3.60. The molecule has 0 aliphatic heterocycles. The monoisotopic (exact) mass is 342 g/mol. The predicted molar refractivity (Wildman–Crippen MR) is 93.4 cm³/mol. The molecule has 2 heterocycles. The Morgan fingerprint density at radius 1 is 1.25 bits per heavy atom. The van der Waals surface area contributed by atoms with Crippen molar-refractivity contribution in [1.82, 2.24) is 24.5 Å². The molecule has 8 heteroatoms.